The molecule has 1 aromatic heterocycles. The molecule has 6 heteroatoms. The van der Waals surface area contributed by atoms with Crippen LogP contribution >= 0.6 is 11.3 Å². The number of hydrogen-bond donors (Lipinski definition) is 0. The van der Waals surface area contributed by atoms with E-state index in [1.165, 1.54) is 4.70 Å². The van der Waals surface area contributed by atoms with Crippen LogP contribution in [-0.4, -0.2) is 44.2 Å². The molecule has 0 N–H and O–H groups in total. The highest BCUT2D eigenvalue weighted by Crippen LogP contribution is 2.36. The van der Waals surface area contributed by atoms with Gasteiger partial charge in [-0.2, -0.15) is 0 Å². The van der Waals surface area contributed by atoms with Crippen molar-refractivity contribution < 1.29 is 14.2 Å². The number of hydrogen-bond acceptors (Lipinski definition) is 6. The Morgan fingerprint density at radius 2 is 1.86 bits per heavy atom. The summed E-state index contributed by atoms with van der Waals surface area (Å²) in [5.74, 6) is 0.726. The lowest BCUT2D eigenvalue weighted by atomic mass is 10.2. The van der Waals surface area contributed by atoms with E-state index >= 15 is 0 Å². The largest absolute Gasteiger partial charge is 0.489 e. The molecule has 0 fully saturated rings. The maximum absolute atomic E-state index is 5.90. The highest BCUT2D eigenvalue weighted by molar-refractivity contribution is 7.21. The van der Waals surface area contributed by atoms with Gasteiger partial charge in [-0.05, 0) is 50.3 Å². The Morgan fingerprint density at radius 3 is 2.69 bits per heavy atom. The van der Waals surface area contributed by atoms with Crippen molar-refractivity contribution in [1.82, 2.24) is 4.98 Å². The minimum absolute atomic E-state index is 0.457. The molecule has 0 aliphatic heterocycles. The summed E-state index contributed by atoms with van der Waals surface area (Å²) in [7, 11) is 0. The van der Waals surface area contributed by atoms with Gasteiger partial charge in [-0.3, -0.25) is 4.99 Å². The monoisotopic (exact) mass is 410 g/mol. The number of fused-ring (bicyclic) bond motifs is 1. The van der Waals surface area contributed by atoms with Crippen molar-refractivity contribution in [3.05, 3.63) is 54.6 Å². The first-order valence-corrected chi connectivity index (χ1v) is 10.6. The normalized spacial score (nSPS) is 11.8. The van der Waals surface area contributed by atoms with Crippen LogP contribution in [0.2, 0.25) is 0 Å². The molecule has 0 aliphatic carbocycles. The lowest BCUT2D eigenvalue weighted by Gasteiger charge is -2.10. The van der Waals surface area contributed by atoms with E-state index in [2.05, 4.69) is 11.1 Å². The van der Waals surface area contributed by atoms with Gasteiger partial charge in [0.1, 0.15) is 23.1 Å². The van der Waals surface area contributed by atoms with Crippen molar-refractivity contribution in [3.63, 3.8) is 0 Å². The van der Waals surface area contributed by atoms with Gasteiger partial charge in [0.05, 0.1) is 30.0 Å². The molecule has 0 spiro atoms. The molecule has 0 saturated heterocycles. The summed E-state index contributed by atoms with van der Waals surface area (Å²) in [6, 6.07) is 14.1. The lowest BCUT2D eigenvalue weighted by molar-refractivity contribution is 0.0405. The smallest absolute Gasteiger partial charge is 0.145 e. The molecule has 5 nitrogen and oxygen atoms in total. The number of benzene rings is 2. The molecule has 29 heavy (non-hydrogen) atoms. The van der Waals surface area contributed by atoms with Crippen molar-refractivity contribution in [3.8, 4) is 16.3 Å². The molecule has 0 radical (unpaired) electrons. The summed E-state index contributed by atoms with van der Waals surface area (Å²) in [6.45, 7) is 6.77. The number of aliphatic imine (C=N–C) groups is 1. The van der Waals surface area contributed by atoms with E-state index in [4.69, 9.17) is 19.2 Å². The second kappa shape index (κ2) is 11.5. The Morgan fingerprint density at radius 1 is 1.03 bits per heavy atom. The second-order valence-corrected chi connectivity index (χ2v) is 7.16. The Hall–Kier alpha value is -2.54. The fourth-order valence-electron chi connectivity index (χ4n) is 2.65. The van der Waals surface area contributed by atoms with Gasteiger partial charge in [-0.15, -0.1) is 11.3 Å². The van der Waals surface area contributed by atoms with Crippen molar-refractivity contribution in [2.45, 2.75) is 13.8 Å². The van der Waals surface area contributed by atoms with Crippen LogP contribution in [-0.2, 0) is 9.47 Å². The minimum Gasteiger partial charge on any atom is -0.489 e. The third-order valence-corrected chi connectivity index (χ3v) is 5.14. The lowest BCUT2D eigenvalue weighted by Crippen LogP contribution is -2.10. The maximum atomic E-state index is 5.90. The van der Waals surface area contributed by atoms with Crippen LogP contribution < -0.4 is 4.74 Å². The number of ether oxygens (including phenoxy) is 3. The van der Waals surface area contributed by atoms with E-state index in [0.717, 1.165) is 27.5 Å². The molecule has 0 unspecified atom stereocenters. The van der Waals surface area contributed by atoms with E-state index in [0.29, 0.717) is 33.0 Å². The van der Waals surface area contributed by atoms with Crippen molar-refractivity contribution in [2.24, 2.45) is 4.99 Å². The van der Waals surface area contributed by atoms with Gasteiger partial charge in [0.15, 0.2) is 0 Å². The third-order valence-electron chi connectivity index (χ3n) is 4.05. The molecule has 1 heterocycles. The zero-order valence-electron chi connectivity index (χ0n) is 16.8. The Kier molecular flexibility index (Phi) is 8.37. The first-order chi connectivity index (χ1) is 14.3. The molecule has 0 saturated carbocycles. The first kappa shape index (κ1) is 21.2. The molecule has 3 aromatic rings. The number of para-hydroxylation sites is 1. The predicted octanol–water partition coefficient (Wildman–Crippen LogP) is 5.67. The molecule has 152 valence electrons. The highest BCUT2D eigenvalue weighted by Gasteiger charge is 2.10. The van der Waals surface area contributed by atoms with E-state index in [9.17, 15) is 0 Å². The number of rotatable bonds is 11. The van der Waals surface area contributed by atoms with Gasteiger partial charge < -0.3 is 14.2 Å². The van der Waals surface area contributed by atoms with Crippen LogP contribution in [0.1, 0.15) is 13.8 Å². The Bertz CT molecular complexity index is 933. The molecule has 0 bridgehead atoms. The molecule has 0 aliphatic rings. The Labute approximate surface area is 175 Å². The fourth-order valence-corrected chi connectivity index (χ4v) is 3.62. The van der Waals surface area contributed by atoms with Crippen LogP contribution in [0.3, 0.4) is 0 Å². The molecule has 2 aromatic carbocycles. The van der Waals surface area contributed by atoms with Crippen LogP contribution in [0.4, 0.5) is 5.69 Å². The molecular formula is C23H26N2O3S. The molecule has 3 rings (SSSR count). The maximum Gasteiger partial charge on any atom is 0.145 e. The summed E-state index contributed by atoms with van der Waals surface area (Å²) >= 11 is 1.67. The van der Waals surface area contributed by atoms with E-state index in [1.807, 2.05) is 62.4 Å². The average molecular weight is 411 g/mol. The van der Waals surface area contributed by atoms with Crippen LogP contribution in [0, 0.1) is 0 Å². The average Bonchev–Trinajstić information content (AvgIpc) is 3.18. The van der Waals surface area contributed by atoms with Gasteiger partial charge in [0.25, 0.3) is 0 Å². The summed E-state index contributed by atoms with van der Waals surface area (Å²) in [4.78, 5) is 9.30. The molecular weight excluding hydrogens is 384 g/mol. The standard InChI is InChI=1S/C23H26N2O3S/c1-3-5-12-24-20-17-18(23-25-19-8-6-7-9-22(19)29-23)10-11-21(20)28-16-15-27-14-13-26-4-2/h3,5-12,17H,4,13-16H2,1-2H3/b5-3+,24-12?. The first-order valence-electron chi connectivity index (χ1n) is 9.75. The van der Waals surface area contributed by atoms with Crippen molar-refractivity contribution >= 4 is 33.5 Å². The van der Waals surface area contributed by atoms with E-state index in [1.54, 1.807) is 17.6 Å². The van der Waals surface area contributed by atoms with Crippen LogP contribution in [0.15, 0.2) is 59.6 Å². The number of nitrogens with zero attached hydrogens (tertiary/aromatic N) is 2. The summed E-state index contributed by atoms with van der Waals surface area (Å²) in [5, 5.41) is 0.972. The van der Waals surface area contributed by atoms with Gasteiger partial charge in [0, 0.05) is 18.4 Å². The van der Waals surface area contributed by atoms with Crippen LogP contribution in [0.5, 0.6) is 5.75 Å². The van der Waals surface area contributed by atoms with E-state index < -0.39 is 0 Å². The Balaban J connectivity index is 1.72. The summed E-state index contributed by atoms with van der Waals surface area (Å²) in [5.41, 5.74) is 2.81. The quantitative estimate of drug-likeness (QED) is 0.302. The zero-order chi connectivity index (χ0) is 20.3. The number of aromatic nitrogens is 1. The van der Waals surface area contributed by atoms with Gasteiger partial charge in [-0.1, -0.05) is 18.2 Å². The van der Waals surface area contributed by atoms with E-state index in [-0.39, 0.29) is 0 Å². The summed E-state index contributed by atoms with van der Waals surface area (Å²) in [6.07, 6.45) is 5.60. The number of thiazole rings is 1. The molecule has 0 amide bonds. The van der Waals surface area contributed by atoms with Crippen molar-refractivity contribution in [1.29, 1.82) is 0 Å². The number of allylic oxidation sites excluding steroid dienone is 2. The topological polar surface area (TPSA) is 52.9 Å². The summed E-state index contributed by atoms with van der Waals surface area (Å²) < 4.78 is 17.8. The van der Waals surface area contributed by atoms with Gasteiger partial charge in [0.2, 0.25) is 0 Å². The second-order valence-electron chi connectivity index (χ2n) is 6.13. The predicted molar refractivity (Wildman–Crippen MR) is 121 cm³/mol. The molecule has 0 atom stereocenters. The van der Waals surface area contributed by atoms with Crippen LogP contribution in [0.25, 0.3) is 20.8 Å². The fraction of sp³-hybridized carbons (Fsp3) is 0.304. The zero-order valence-corrected chi connectivity index (χ0v) is 17.7. The SMILES string of the molecule is C/C=C/C=Nc1cc(-c2nc3ccccc3s2)ccc1OCCOCCOCC. The van der Waals surface area contributed by atoms with Gasteiger partial charge in [-0.25, -0.2) is 4.98 Å². The highest BCUT2D eigenvalue weighted by atomic mass is 32.1. The third kappa shape index (κ3) is 6.22. The van der Waals surface area contributed by atoms with Crippen molar-refractivity contribution in [2.75, 3.05) is 33.0 Å². The minimum atomic E-state index is 0.457. The van der Waals surface area contributed by atoms with Gasteiger partial charge >= 0.3 is 0 Å².